The highest BCUT2D eigenvalue weighted by atomic mass is 31.2. The van der Waals surface area contributed by atoms with Crippen molar-refractivity contribution in [3.05, 3.63) is 0 Å². The van der Waals surface area contributed by atoms with E-state index in [9.17, 15) is 43.2 Å². The highest BCUT2D eigenvalue weighted by molar-refractivity contribution is 7.47. The van der Waals surface area contributed by atoms with Crippen LogP contribution in [-0.2, 0) is 65.4 Å². The van der Waals surface area contributed by atoms with E-state index in [2.05, 4.69) is 41.5 Å². The number of ether oxygens (including phenoxy) is 4. The lowest BCUT2D eigenvalue weighted by Gasteiger charge is -2.21. The number of carbonyl (C=O) groups excluding carboxylic acids is 4. The summed E-state index contributed by atoms with van der Waals surface area (Å²) < 4.78 is 68.7. The van der Waals surface area contributed by atoms with Crippen LogP contribution in [0.25, 0.3) is 0 Å². The molecule has 0 aromatic rings. The van der Waals surface area contributed by atoms with Gasteiger partial charge in [-0.05, 0) is 37.5 Å². The summed E-state index contributed by atoms with van der Waals surface area (Å²) >= 11 is 0. The molecule has 0 aromatic heterocycles. The number of aliphatic hydroxyl groups excluding tert-OH is 1. The SMILES string of the molecule is CCCCCCCCCCCCCCCCCCCCC(=O)O[C@H](COC(=O)CCCCCCCCCCCCCC(C)C)COP(=O)(O)OC[C@@H](O)COP(=O)(O)OC[C@@H](COC(=O)CCCCCCCCCCCCCC)OC(=O)CCCCCCCCCCCCC(C)CC. The summed E-state index contributed by atoms with van der Waals surface area (Å²) in [4.78, 5) is 73.0. The van der Waals surface area contributed by atoms with Crippen molar-refractivity contribution in [1.29, 1.82) is 0 Å². The van der Waals surface area contributed by atoms with Crippen LogP contribution in [0.5, 0.6) is 0 Å². The Morgan fingerprint density at radius 2 is 0.520 bits per heavy atom. The van der Waals surface area contributed by atoms with E-state index in [1.165, 1.54) is 231 Å². The van der Waals surface area contributed by atoms with Gasteiger partial charge in [-0.3, -0.25) is 37.3 Å². The second kappa shape index (κ2) is 70.7. The Kier molecular flexibility index (Phi) is 69.3. The minimum Gasteiger partial charge on any atom is -0.462 e. The third-order valence-electron chi connectivity index (χ3n) is 18.8. The number of unbranched alkanes of at least 4 members (excludes halogenated alkanes) is 47. The zero-order valence-corrected chi connectivity index (χ0v) is 65.9. The molecule has 0 aliphatic heterocycles. The van der Waals surface area contributed by atoms with Gasteiger partial charge in [0.2, 0.25) is 0 Å². The van der Waals surface area contributed by atoms with Crippen molar-refractivity contribution in [3.8, 4) is 0 Å². The van der Waals surface area contributed by atoms with E-state index < -0.39 is 97.5 Å². The molecule has 0 saturated heterocycles. The van der Waals surface area contributed by atoms with E-state index in [0.29, 0.717) is 25.7 Å². The predicted molar refractivity (Wildman–Crippen MR) is 400 cm³/mol. The maximum atomic E-state index is 13.1. The number of phosphoric ester groups is 2. The van der Waals surface area contributed by atoms with Crippen molar-refractivity contribution in [1.82, 2.24) is 0 Å². The molecule has 17 nitrogen and oxygen atoms in total. The van der Waals surface area contributed by atoms with Crippen LogP contribution in [0.2, 0.25) is 0 Å². The van der Waals surface area contributed by atoms with E-state index in [1.54, 1.807) is 0 Å². The van der Waals surface area contributed by atoms with Crippen LogP contribution in [-0.4, -0.2) is 96.7 Å². The average Bonchev–Trinajstić information content (AvgIpc) is 0.936. The van der Waals surface area contributed by atoms with Crippen molar-refractivity contribution < 1.29 is 80.2 Å². The van der Waals surface area contributed by atoms with Gasteiger partial charge in [-0.2, -0.15) is 0 Å². The molecule has 0 spiro atoms. The first-order valence-corrected chi connectivity index (χ1v) is 44.0. The summed E-state index contributed by atoms with van der Waals surface area (Å²) in [7, 11) is -9.92. The van der Waals surface area contributed by atoms with Gasteiger partial charge >= 0.3 is 39.5 Å². The topological polar surface area (TPSA) is 237 Å². The first kappa shape index (κ1) is 96.1. The van der Waals surface area contributed by atoms with E-state index in [4.69, 9.17) is 37.0 Å². The molecule has 0 aromatic carbocycles. The molecule has 0 aliphatic rings. The molecule has 0 bridgehead atoms. The molecule has 0 heterocycles. The Morgan fingerprint density at radius 3 is 0.776 bits per heavy atom. The number of carbonyl (C=O) groups is 4. The fourth-order valence-corrected chi connectivity index (χ4v) is 13.7. The van der Waals surface area contributed by atoms with Crippen molar-refractivity contribution >= 4 is 39.5 Å². The molecule has 0 aliphatic carbocycles. The Morgan fingerprint density at radius 1 is 0.296 bits per heavy atom. The lowest BCUT2D eigenvalue weighted by atomic mass is 9.99. The standard InChI is InChI=1S/C79H154O17P2/c1-7-10-12-14-16-18-20-22-23-24-25-26-27-31-39-45-51-57-63-78(83)95-74(67-90-77(82)62-56-50-44-38-32-28-29-35-41-47-53-59-71(4)5)69-93-97(85,86)91-65-73(80)66-92-98(87,88)94-70-75(68-89-76(81)61-55-49-43-37-30-21-19-17-15-13-11-8-2)96-79(84)64-58-52-46-40-34-33-36-42-48-54-60-72(6)9-3/h71-75,80H,7-70H2,1-6H3,(H,85,86)(H,87,88)/t72?,73-,74-,75-/m1/s1. The molecule has 19 heteroatoms. The van der Waals surface area contributed by atoms with Gasteiger partial charge in [-0.25, -0.2) is 9.13 Å². The summed E-state index contributed by atoms with van der Waals surface area (Å²) in [6, 6.07) is 0. The Labute approximate surface area is 600 Å². The number of phosphoric acid groups is 2. The molecule has 0 rings (SSSR count). The van der Waals surface area contributed by atoms with Crippen LogP contribution in [0.15, 0.2) is 0 Å². The lowest BCUT2D eigenvalue weighted by molar-refractivity contribution is -0.161. The number of hydrogen-bond acceptors (Lipinski definition) is 15. The first-order valence-electron chi connectivity index (χ1n) is 41.0. The van der Waals surface area contributed by atoms with Gasteiger partial charge in [0.05, 0.1) is 26.4 Å². The van der Waals surface area contributed by atoms with Gasteiger partial charge < -0.3 is 33.8 Å². The van der Waals surface area contributed by atoms with Crippen LogP contribution < -0.4 is 0 Å². The van der Waals surface area contributed by atoms with Crippen LogP contribution in [0.3, 0.4) is 0 Å². The second-order valence-electron chi connectivity index (χ2n) is 29.2. The van der Waals surface area contributed by atoms with E-state index in [0.717, 1.165) is 102 Å². The van der Waals surface area contributed by atoms with Gasteiger partial charge in [-0.1, -0.05) is 363 Å². The summed E-state index contributed by atoms with van der Waals surface area (Å²) in [6.07, 6.45) is 59.4. The number of esters is 4. The molecule has 0 saturated carbocycles. The van der Waals surface area contributed by atoms with Crippen LogP contribution in [0, 0.1) is 11.8 Å². The highest BCUT2D eigenvalue weighted by Crippen LogP contribution is 2.45. The zero-order chi connectivity index (χ0) is 72.1. The van der Waals surface area contributed by atoms with Crippen LogP contribution in [0.1, 0.15) is 414 Å². The van der Waals surface area contributed by atoms with Gasteiger partial charge in [0.15, 0.2) is 12.2 Å². The van der Waals surface area contributed by atoms with Gasteiger partial charge in [0.1, 0.15) is 19.3 Å². The molecule has 0 amide bonds. The number of aliphatic hydroxyl groups is 1. The van der Waals surface area contributed by atoms with Crippen molar-refractivity contribution in [3.63, 3.8) is 0 Å². The summed E-state index contributed by atoms with van der Waals surface area (Å²) in [5.41, 5.74) is 0. The molecule has 3 unspecified atom stereocenters. The summed E-state index contributed by atoms with van der Waals surface area (Å²) in [6.45, 7) is 9.65. The minimum atomic E-state index is -4.96. The Balaban J connectivity index is 5.26. The van der Waals surface area contributed by atoms with Gasteiger partial charge in [-0.15, -0.1) is 0 Å². The maximum Gasteiger partial charge on any atom is 0.472 e. The fraction of sp³-hybridized carbons (Fsp3) is 0.949. The normalized spacial score (nSPS) is 14.2. The molecule has 3 N–H and O–H groups in total. The zero-order valence-electron chi connectivity index (χ0n) is 64.1. The van der Waals surface area contributed by atoms with Crippen LogP contribution in [0.4, 0.5) is 0 Å². The quantitative estimate of drug-likeness (QED) is 0.0222. The third-order valence-corrected chi connectivity index (χ3v) is 20.7. The highest BCUT2D eigenvalue weighted by Gasteiger charge is 2.30. The molecule has 0 fully saturated rings. The van der Waals surface area contributed by atoms with Crippen LogP contribution >= 0.6 is 15.6 Å². The molecule has 0 radical (unpaired) electrons. The molecular weight excluding hydrogens is 1280 g/mol. The smallest absolute Gasteiger partial charge is 0.462 e. The van der Waals surface area contributed by atoms with Gasteiger partial charge in [0.25, 0.3) is 0 Å². The molecule has 582 valence electrons. The largest absolute Gasteiger partial charge is 0.472 e. The average molecular weight is 1440 g/mol. The molecule has 98 heavy (non-hydrogen) atoms. The van der Waals surface area contributed by atoms with E-state index in [1.807, 2.05) is 0 Å². The first-order chi connectivity index (χ1) is 47.4. The maximum absolute atomic E-state index is 13.1. The Hall–Kier alpha value is -1.94. The number of hydrogen-bond donors (Lipinski definition) is 3. The lowest BCUT2D eigenvalue weighted by Crippen LogP contribution is -2.30. The number of rotatable bonds is 78. The monoisotopic (exact) mass is 1440 g/mol. The minimum absolute atomic E-state index is 0.107. The third kappa shape index (κ3) is 71.1. The van der Waals surface area contributed by atoms with Crippen molar-refractivity contribution in [2.45, 2.75) is 432 Å². The fourth-order valence-electron chi connectivity index (χ4n) is 12.2. The second-order valence-corrected chi connectivity index (χ2v) is 32.1. The van der Waals surface area contributed by atoms with Gasteiger partial charge in [0, 0.05) is 25.7 Å². The molecule has 6 atom stereocenters. The summed E-state index contributed by atoms with van der Waals surface area (Å²) in [5, 5.41) is 10.6. The van der Waals surface area contributed by atoms with E-state index in [-0.39, 0.29) is 25.7 Å². The summed E-state index contributed by atoms with van der Waals surface area (Å²) in [5.74, 6) is -0.535. The van der Waals surface area contributed by atoms with Crippen molar-refractivity contribution in [2.24, 2.45) is 11.8 Å². The molecular formula is C79H154O17P2. The van der Waals surface area contributed by atoms with E-state index >= 15 is 0 Å². The Bertz CT molecular complexity index is 1890. The van der Waals surface area contributed by atoms with Crippen molar-refractivity contribution in [2.75, 3.05) is 39.6 Å². The predicted octanol–water partition coefficient (Wildman–Crippen LogP) is 23.5.